The van der Waals surface area contributed by atoms with Gasteiger partial charge in [-0.05, 0) is 83.5 Å². The van der Waals surface area contributed by atoms with Crippen LogP contribution in [0.3, 0.4) is 0 Å². The first-order chi connectivity index (χ1) is 34.5. The lowest BCUT2D eigenvalue weighted by molar-refractivity contribution is -0.143. The Morgan fingerprint density at radius 2 is 0.671 bits per heavy atom. The van der Waals surface area contributed by atoms with E-state index in [2.05, 4.69) is 43.5 Å². The van der Waals surface area contributed by atoms with Crippen molar-refractivity contribution in [3.8, 4) is 0 Å². The summed E-state index contributed by atoms with van der Waals surface area (Å²) in [5.41, 5.74) is 0. The quantitative estimate of drug-likeness (QED) is 0.0321. The summed E-state index contributed by atoms with van der Waals surface area (Å²) in [6.45, 7) is 4.90. The van der Waals surface area contributed by atoms with Crippen molar-refractivity contribution in [3.63, 3.8) is 0 Å². The minimum Gasteiger partial charge on any atom is -0.466 e. The van der Waals surface area contributed by atoms with Gasteiger partial charge in [-0.3, -0.25) is 9.59 Å². The Morgan fingerprint density at radius 3 is 1.01 bits per heavy atom. The molecule has 0 fully saturated rings. The number of rotatable bonds is 58. The lowest BCUT2D eigenvalue weighted by Gasteiger charge is -2.20. The lowest BCUT2D eigenvalue weighted by Crippen LogP contribution is -2.45. The van der Waals surface area contributed by atoms with Crippen LogP contribution in [0.1, 0.15) is 335 Å². The van der Waals surface area contributed by atoms with Crippen LogP contribution in [0, 0.1) is 0 Å². The SMILES string of the molecule is CCCCCCCCC/C=C\CCCCCCCCCC(=O)OCCCCCCCCCCCC/C=C\CCCCCCCCCC(=O)NC(CO)C(O)/C=C/CCCCCCCCCCCCCC. The van der Waals surface area contributed by atoms with E-state index in [-0.39, 0.29) is 18.5 Å². The van der Waals surface area contributed by atoms with Crippen LogP contribution < -0.4 is 5.32 Å². The molecule has 0 aliphatic heterocycles. The van der Waals surface area contributed by atoms with Crippen LogP contribution in [0.15, 0.2) is 36.5 Å². The highest BCUT2D eigenvalue weighted by Gasteiger charge is 2.18. The molecule has 0 aromatic carbocycles. The zero-order valence-corrected chi connectivity index (χ0v) is 47.0. The van der Waals surface area contributed by atoms with Gasteiger partial charge >= 0.3 is 5.97 Å². The van der Waals surface area contributed by atoms with E-state index >= 15 is 0 Å². The molecule has 0 saturated heterocycles. The van der Waals surface area contributed by atoms with Crippen molar-refractivity contribution >= 4 is 11.9 Å². The first-order valence-electron chi connectivity index (χ1n) is 31.3. The van der Waals surface area contributed by atoms with Crippen LogP contribution in [0.5, 0.6) is 0 Å². The molecule has 0 aromatic rings. The highest BCUT2D eigenvalue weighted by atomic mass is 16.5. The van der Waals surface area contributed by atoms with E-state index in [9.17, 15) is 19.8 Å². The maximum absolute atomic E-state index is 12.5. The molecule has 2 atom stereocenters. The molecule has 0 heterocycles. The molecule has 0 saturated carbocycles. The normalized spacial score (nSPS) is 12.8. The van der Waals surface area contributed by atoms with Gasteiger partial charge in [0.15, 0.2) is 0 Å². The van der Waals surface area contributed by atoms with Gasteiger partial charge in [-0.15, -0.1) is 0 Å². The maximum atomic E-state index is 12.5. The van der Waals surface area contributed by atoms with Crippen LogP contribution in [0.25, 0.3) is 0 Å². The van der Waals surface area contributed by atoms with E-state index in [1.54, 1.807) is 6.08 Å². The van der Waals surface area contributed by atoms with E-state index in [1.807, 2.05) is 6.08 Å². The van der Waals surface area contributed by atoms with Gasteiger partial charge in [-0.25, -0.2) is 0 Å². The molecule has 0 spiro atoms. The fourth-order valence-corrected chi connectivity index (χ4v) is 9.57. The number of hydrogen-bond acceptors (Lipinski definition) is 5. The molecule has 6 nitrogen and oxygen atoms in total. The molecular formula is C64H121NO5. The maximum Gasteiger partial charge on any atom is 0.305 e. The molecule has 0 aliphatic carbocycles. The summed E-state index contributed by atoms with van der Waals surface area (Å²) in [6, 6.07) is -0.633. The van der Waals surface area contributed by atoms with Gasteiger partial charge in [0.2, 0.25) is 5.91 Å². The van der Waals surface area contributed by atoms with Crippen LogP contribution in [0.4, 0.5) is 0 Å². The van der Waals surface area contributed by atoms with Crippen LogP contribution in [0.2, 0.25) is 0 Å². The van der Waals surface area contributed by atoms with Crippen molar-refractivity contribution in [3.05, 3.63) is 36.5 Å². The van der Waals surface area contributed by atoms with Crippen molar-refractivity contribution in [2.45, 2.75) is 347 Å². The van der Waals surface area contributed by atoms with Gasteiger partial charge in [-0.1, -0.05) is 275 Å². The number of aliphatic hydroxyl groups is 2. The lowest BCUT2D eigenvalue weighted by atomic mass is 10.0. The molecule has 1 amide bonds. The number of amides is 1. The molecule has 3 N–H and O–H groups in total. The number of ether oxygens (including phenoxy) is 1. The van der Waals surface area contributed by atoms with Gasteiger partial charge < -0.3 is 20.3 Å². The van der Waals surface area contributed by atoms with Crippen molar-refractivity contribution in [1.29, 1.82) is 0 Å². The molecule has 70 heavy (non-hydrogen) atoms. The average Bonchev–Trinajstić information content (AvgIpc) is 3.36. The number of carbonyl (C=O) groups excluding carboxylic acids is 2. The number of hydrogen-bond donors (Lipinski definition) is 3. The minimum absolute atomic E-state index is 0.00471. The van der Waals surface area contributed by atoms with Gasteiger partial charge in [0.05, 0.1) is 25.4 Å². The second kappa shape index (κ2) is 59.6. The molecule has 0 rings (SSSR count). The van der Waals surface area contributed by atoms with Gasteiger partial charge in [-0.2, -0.15) is 0 Å². The number of esters is 1. The summed E-state index contributed by atoms with van der Waals surface area (Å²) in [6.07, 6.45) is 74.7. The van der Waals surface area contributed by atoms with Crippen molar-refractivity contribution in [1.82, 2.24) is 5.32 Å². The monoisotopic (exact) mass is 984 g/mol. The number of nitrogens with one attached hydrogen (secondary N) is 1. The molecular weight excluding hydrogens is 863 g/mol. The topological polar surface area (TPSA) is 95.9 Å². The largest absolute Gasteiger partial charge is 0.466 e. The summed E-state index contributed by atoms with van der Waals surface area (Å²) >= 11 is 0. The van der Waals surface area contributed by atoms with E-state index in [0.29, 0.717) is 19.4 Å². The van der Waals surface area contributed by atoms with Gasteiger partial charge in [0, 0.05) is 12.8 Å². The molecule has 412 valence electrons. The number of aliphatic hydroxyl groups excluding tert-OH is 2. The Morgan fingerprint density at radius 1 is 0.386 bits per heavy atom. The van der Waals surface area contributed by atoms with Crippen molar-refractivity contribution < 1.29 is 24.5 Å². The van der Waals surface area contributed by atoms with Crippen LogP contribution in [-0.4, -0.2) is 47.4 Å². The molecule has 0 aliphatic rings. The first-order valence-corrected chi connectivity index (χ1v) is 31.3. The second-order valence-electron chi connectivity index (χ2n) is 21.4. The zero-order valence-electron chi connectivity index (χ0n) is 47.0. The van der Waals surface area contributed by atoms with Gasteiger partial charge in [0.25, 0.3) is 0 Å². The predicted octanol–water partition coefficient (Wildman–Crippen LogP) is 19.6. The molecule has 6 heteroatoms. The third-order valence-electron chi connectivity index (χ3n) is 14.4. The Bertz CT molecular complexity index is 1130. The van der Waals surface area contributed by atoms with Crippen molar-refractivity contribution in [2.24, 2.45) is 0 Å². The Kier molecular flexibility index (Phi) is 58.0. The number of unbranched alkanes of at least 4 members (excludes halogenated alkanes) is 43. The number of allylic oxidation sites excluding steroid dienone is 5. The number of carbonyl (C=O) groups is 2. The Hall–Kier alpha value is -1.92. The molecule has 2 unspecified atom stereocenters. The highest BCUT2D eigenvalue weighted by molar-refractivity contribution is 5.76. The third kappa shape index (κ3) is 55.4. The van der Waals surface area contributed by atoms with E-state index < -0.39 is 12.1 Å². The van der Waals surface area contributed by atoms with Gasteiger partial charge in [0.1, 0.15) is 0 Å². The van der Waals surface area contributed by atoms with E-state index in [0.717, 1.165) is 51.4 Å². The van der Waals surface area contributed by atoms with Crippen LogP contribution in [-0.2, 0) is 14.3 Å². The molecule has 0 aromatic heterocycles. The standard InChI is InChI=1S/C64H121NO5/c1-3-5-7-9-11-13-15-17-19-20-27-30-34-38-42-46-50-54-58-64(69)70-59-55-51-47-43-39-35-31-28-25-23-21-22-24-26-29-33-37-41-45-49-53-57-63(68)65-61(60-66)62(67)56-52-48-44-40-36-32-18-16-14-12-10-8-6-4-2/h19-20,22,24,52,56,61-62,66-67H,3-18,21,23,25-51,53-55,57-60H2,1-2H3,(H,65,68)/b20-19-,24-22-,56-52+. The smallest absolute Gasteiger partial charge is 0.305 e. The summed E-state index contributed by atoms with van der Waals surface area (Å²) in [5.74, 6) is -0.0705. The molecule has 0 radical (unpaired) electrons. The summed E-state index contributed by atoms with van der Waals surface area (Å²) < 4.78 is 5.49. The average molecular weight is 985 g/mol. The molecule has 0 bridgehead atoms. The zero-order chi connectivity index (χ0) is 50.7. The Balaban J connectivity index is 3.43. The summed E-state index contributed by atoms with van der Waals surface area (Å²) in [4.78, 5) is 24.5. The van der Waals surface area contributed by atoms with E-state index in [1.165, 1.54) is 257 Å². The fourth-order valence-electron chi connectivity index (χ4n) is 9.57. The summed E-state index contributed by atoms with van der Waals surface area (Å²) in [5, 5.41) is 23.1. The summed E-state index contributed by atoms with van der Waals surface area (Å²) in [7, 11) is 0. The van der Waals surface area contributed by atoms with Crippen LogP contribution >= 0.6 is 0 Å². The fraction of sp³-hybridized carbons (Fsp3) is 0.875. The minimum atomic E-state index is -0.849. The predicted molar refractivity (Wildman–Crippen MR) is 306 cm³/mol. The van der Waals surface area contributed by atoms with Crippen molar-refractivity contribution in [2.75, 3.05) is 13.2 Å². The second-order valence-corrected chi connectivity index (χ2v) is 21.4. The highest BCUT2D eigenvalue weighted by Crippen LogP contribution is 2.17. The van der Waals surface area contributed by atoms with E-state index in [4.69, 9.17) is 4.74 Å². The first kappa shape index (κ1) is 68.1. The Labute approximate surface area is 436 Å². The third-order valence-corrected chi connectivity index (χ3v) is 14.4.